The molecule has 0 aliphatic carbocycles. The first kappa shape index (κ1) is 18.1. The van der Waals surface area contributed by atoms with Gasteiger partial charge in [-0.25, -0.2) is 4.99 Å². The average molecular weight is 363 g/mol. The van der Waals surface area contributed by atoms with Crippen molar-refractivity contribution in [2.24, 2.45) is 4.99 Å². The number of pyridine rings is 1. The first-order chi connectivity index (χ1) is 12.5. The molecule has 26 heavy (non-hydrogen) atoms. The van der Waals surface area contributed by atoms with Gasteiger partial charge in [-0.2, -0.15) is 0 Å². The molecule has 4 nitrogen and oxygen atoms in total. The molecule has 0 radical (unpaired) electrons. The van der Waals surface area contributed by atoms with E-state index in [-0.39, 0.29) is 5.91 Å². The Morgan fingerprint density at radius 1 is 1.31 bits per heavy atom. The molecule has 1 aliphatic heterocycles. The maximum absolute atomic E-state index is 13.0. The van der Waals surface area contributed by atoms with Crippen LogP contribution in [-0.2, 0) is 4.79 Å². The van der Waals surface area contributed by atoms with Crippen LogP contribution in [0.25, 0.3) is 5.57 Å². The van der Waals surface area contributed by atoms with Crippen molar-refractivity contribution in [2.75, 3.05) is 6.54 Å². The van der Waals surface area contributed by atoms with Crippen molar-refractivity contribution < 1.29 is 4.79 Å². The fraction of sp³-hybridized carbons (Fsp3) is 0.190. The third kappa shape index (κ3) is 3.63. The molecule has 1 fully saturated rings. The van der Waals surface area contributed by atoms with Crippen LogP contribution >= 0.6 is 11.8 Å². The lowest BCUT2D eigenvalue weighted by Crippen LogP contribution is -2.29. The lowest BCUT2D eigenvalue weighted by atomic mass is 10.0. The predicted octanol–water partition coefficient (Wildman–Crippen LogP) is 4.88. The topological polar surface area (TPSA) is 45.6 Å². The summed E-state index contributed by atoms with van der Waals surface area (Å²) >= 11 is 1.41. The van der Waals surface area contributed by atoms with Gasteiger partial charge in [0.25, 0.3) is 5.91 Å². The Kier molecular flexibility index (Phi) is 5.38. The molecule has 0 N–H and O–H groups in total. The number of thioether (sulfide) groups is 1. The standard InChI is InChI=1S/C21H21N3OS/c1-5-11-24-20(25)19(16(4)17-9-8-14(2)15(3)12-17)26-21(24)23-18-7-6-10-22-13-18/h5-10,12-13H,1,11H2,2-4H3/b19-16-,23-21?. The second-order valence-electron chi connectivity index (χ2n) is 6.17. The van der Waals surface area contributed by atoms with E-state index in [0.29, 0.717) is 16.6 Å². The van der Waals surface area contributed by atoms with Crippen LogP contribution in [0.4, 0.5) is 5.69 Å². The zero-order chi connectivity index (χ0) is 18.7. The number of aromatic nitrogens is 1. The van der Waals surface area contributed by atoms with E-state index >= 15 is 0 Å². The number of rotatable bonds is 4. The molecule has 0 saturated carbocycles. The number of hydrogen-bond donors (Lipinski definition) is 0. The molecule has 5 heteroatoms. The maximum Gasteiger partial charge on any atom is 0.267 e. The maximum atomic E-state index is 13.0. The first-order valence-electron chi connectivity index (χ1n) is 8.39. The summed E-state index contributed by atoms with van der Waals surface area (Å²) in [5.74, 6) is -0.0340. The quantitative estimate of drug-likeness (QED) is 0.574. The Bertz CT molecular complexity index is 916. The molecule has 1 amide bonds. The number of carbonyl (C=O) groups is 1. The lowest BCUT2D eigenvalue weighted by Gasteiger charge is -2.12. The van der Waals surface area contributed by atoms with Gasteiger partial charge in [-0.1, -0.05) is 24.3 Å². The largest absolute Gasteiger partial charge is 0.283 e. The summed E-state index contributed by atoms with van der Waals surface area (Å²) in [5, 5.41) is 0.654. The molecule has 1 aromatic carbocycles. The minimum atomic E-state index is -0.0340. The lowest BCUT2D eigenvalue weighted by molar-refractivity contribution is -0.121. The van der Waals surface area contributed by atoms with Gasteiger partial charge >= 0.3 is 0 Å². The molecule has 2 aromatic rings. The number of carbonyl (C=O) groups excluding carboxylic acids is 1. The average Bonchev–Trinajstić information content (AvgIpc) is 2.94. The molecule has 0 spiro atoms. The van der Waals surface area contributed by atoms with Gasteiger partial charge in [0.2, 0.25) is 0 Å². The number of allylic oxidation sites excluding steroid dienone is 1. The fourth-order valence-electron chi connectivity index (χ4n) is 2.65. The van der Waals surface area contributed by atoms with Crippen molar-refractivity contribution in [1.82, 2.24) is 9.88 Å². The molecule has 0 unspecified atom stereocenters. The van der Waals surface area contributed by atoms with E-state index < -0.39 is 0 Å². The van der Waals surface area contributed by atoms with Gasteiger partial charge in [0, 0.05) is 12.7 Å². The van der Waals surface area contributed by atoms with E-state index in [4.69, 9.17) is 0 Å². The van der Waals surface area contributed by atoms with Gasteiger partial charge in [-0.05, 0) is 66.9 Å². The minimum Gasteiger partial charge on any atom is -0.283 e. The molecule has 1 saturated heterocycles. The number of hydrogen-bond acceptors (Lipinski definition) is 4. The zero-order valence-corrected chi connectivity index (χ0v) is 16.0. The second-order valence-corrected chi connectivity index (χ2v) is 7.14. The van der Waals surface area contributed by atoms with Crippen LogP contribution < -0.4 is 0 Å². The SMILES string of the molecule is C=CCN1C(=O)/C(=C(\C)c2ccc(C)c(C)c2)SC1=Nc1cccnc1. The molecule has 1 aliphatic rings. The third-order valence-corrected chi connectivity index (χ3v) is 5.51. The molecular formula is C21H21N3OS. The van der Waals surface area contributed by atoms with Crippen molar-refractivity contribution in [1.29, 1.82) is 0 Å². The van der Waals surface area contributed by atoms with Crippen LogP contribution in [0.5, 0.6) is 0 Å². The normalized spacial score (nSPS) is 17.7. The van der Waals surface area contributed by atoms with Crippen molar-refractivity contribution in [2.45, 2.75) is 20.8 Å². The van der Waals surface area contributed by atoms with Crippen LogP contribution in [-0.4, -0.2) is 27.5 Å². The van der Waals surface area contributed by atoms with Gasteiger partial charge in [0.15, 0.2) is 5.17 Å². The van der Waals surface area contributed by atoms with Crippen molar-refractivity contribution in [3.05, 3.63) is 77.0 Å². The summed E-state index contributed by atoms with van der Waals surface area (Å²) in [7, 11) is 0. The summed E-state index contributed by atoms with van der Waals surface area (Å²) in [4.78, 5) is 24.0. The highest BCUT2D eigenvalue weighted by Crippen LogP contribution is 2.37. The van der Waals surface area contributed by atoms with Gasteiger partial charge < -0.3 is 0 Å². The highest BCUT2D eigenvalue weighted by atomic mass is 32.2. The number of aliphatic imine (C=N–C) groups is 1. The van der Waals surface area contributed by atoms with E-state index in [9.17, 15) is 4.79 Å². The van der Waals surface area contributed by atoms with Crippen LogP contribution in [0.15, 0.2) is 65.3 Å². The summed E-state index contributed by atoms with van der Waals surface area (Å²) in [6, 6.07) is 9.97. The molecule has 3 rings (SSSR count). The number of amidine groups is 1. The summed E-state index contributed by atoms with van der Waals surface area (Å²) in [5.41, 5.74) is 5.20. The van der Waals surface area contributed by atoms with E-state index in [1.165, 1.54) is 22.9 Å². The highest BCUT2D eigenvalue weighted by molar-refractivity contribution is 8.18. The predicted molar refractivity (Wildman–Crippen MR) is 109 cm³/mol. The zero-order valence-electron chi connectivity index (χ0n) is 15.2. The summed E-state index contributed by atoms with van der Waals surface area (Å²) in [6.07, 6.45) is 5.10. The summed E-state index contributed by atoms with van der Waals surface area (Å²) in [6.45, 7) is 10.3. The molecule has 0 atom stereocenters. The number of amides is 1. The van der Waals surface area contributed by atoms with Crippen molar-refractivity contribution in [3.8, 4) is 0 Å². The Hall–Kier alpha value is -2.66. The van der Waals surface area contributed by atoms with Gasteiger partial charge in [0.1, 0.15) is 0 Å². The number of benzene rings is 1. The molecule has 2 heterocycles. The minimum absolute atomic E-state index is 0.0340. The smallest absolute Gasteiger partial charge is 0.267 e. The summed E-state index contributed by atoms with van der Waals surface area (Å²) < 4.78 is 0. The molecule has 1 aromatic heterocycles. The van der Waals surface area contributed by atoms with Crippen LogP contribution in [0.2, 0.25) is 0 Å². The van der Waals surface area contributed by atoms with E-state index in [1.54, 1.807) is 23.4 Å². The molecule has 0 bridgehead atoms. The van der Waals surface area contributed by atoms with Gasteiger partial charge in [-0.15, -0.1) is 6.58 Å². The van der Waals surface area contributed by atoms with Gasteiger partial charge in [0.05, 0.1) is 16.8 Å². The molecular weight excluding hydrogens is 342 g/mol. The van der Waals surface area contributed by atoms with Gasteiger partial charge in [-0.3, -0.25) is 14.7 Å². The fourth-order valence-corrected chi connectivity index (χ4v) is 3.72. The third-order valence-electron chi connectivity index (χ3n) is 4.33. The second kappa shape index (κ2) is 7.70. The first-order valence-corrected chi connectivity index (χ1v) is 9.20. The van der Waals surface area contributed by atoms with E-state index in [0.717, 1.165) is 16.8 Å². The van der Waals surface area contributed by atoms with Crippen LogP contribution in [0, 0.1) is 13.8 Å². The van der Waals surface area contributed by atoms with E-state index in [2.05, 4.69) is 48.6 Å². The number of nitrogens with zero attached hydrogens (tertiary/aromatic N) is 3. The Labute approximate surface area is 158 Å². The Morgan fingerprint density at radius 2 is 2.12 bits per heavy atom. The van der Waals surface area contributed by atoms with E-state index in [1.807, 2.05) is 19.1 Å². The molecule has 132 valence electrons. The van der Waals surface area contributed by atoms with Crippen molar-refractivity contribution in [3.63, 3.8) is 0 Å². The van der Waals surface area contributed by atoms with Crippen molar-refractivity contribution >= 4 is 34.1 Å². The van der Waals surface area contributed by atoms with Crippen LogP contribution in [0.1, 0.15) is 23.6 Å². The Balaban J connectivity index is 2.03. The Morgan fingerprint density at radius 3 is 2.77 bits per heavy atom. The number of aryl methyl sites for hydroxylation is 2. The highest BCUT2D eigenvalue weighted by Gasteiger charge is 2.34. The monoisotopic (exact) mass is 363 g/mol. The van der Waals surface area contributed by atoms with Crippen LogP contribution in [0.3, 0.4) is 0 Å².